The molecule has 0 spiro atoms. The molecule has 2 atom stereocenters. The highest BCUT2D eigenvalue weighted by atomic mass is 16.5. The maximum Gasteiger partial charge on any atom is 0.131 e. The molecule has 5 rings (SSSR count). The Morgan fingerprint density at radius 1 is 0.963 bits per heavy atom. The second-order valence-corrected chi connectivity index (χ2v) is 8.38. The molecule has 0 fully saturated rings. The van der Waals surface area contributed by atoms with Crippen molar-refractivity contribution in [2.45, 2.75) is 58.5 Å². The maximum absolute atomic E-state index is 6.55. The van der Waals surface area contributed by atoms with Crippen molar-refractivity contribution in [2.75, 3.05) is 0 Å². The molecule has 0 N–H and O–H groups in total. The summed E-state index contributed by atoms with van der Waals surface area (Å²) in [6, 6.07) is 6.98. The van der Waals surface area contributed by atoms with Gasteiger partial charge in [0.1, 0.15) is 11.9 Å². The van der Waals surface area contributed by atoms with Gasteiger partial charge in [-0.3, -0.25) is 0 Å². The highest BCUT2D eigenvalue weighted by Gasteiger charge is 2.41. The lowest BCUT2D eigenvalue weighted by molar-refractivity contribution is 0.160. The van der Waals surface area contributed by atoms with Gasteiger partial charge in [0.25, 0.3) is 0 Å². The van der Waals surface area contributed by atoms with Crippen LogP contribution in [0.5, 0.6) is 0 Å². The van der Waals surface area contributed by atoms with Gasteiger partial charge in [-0.15, -0.1) is 0 Å². The van der Waals surface area contributed by atoms with Gasteiger partial charge in [-0.2, -0.15) is 0 Å². The minimum atomic E-state index is 0.205. The van der Waals surface area contributed by atoms with E-state index >= 15 is 0 Å². The number of rotatable bonds is 2. The first kappa shape index (κ1) is 16.9. The van der Waals surface area contributed by atoms with Crippen LogP contribution in [0.25, 0.3) is 11.1 Å². The summed E-state index contributed by atoms with van der Waals surface area (Å²) in [5.41, 5.74) is 9.98. The molecule has 1 nitrogen and oxygen atoms in total. The fraction of sp³-hybridized carbons (Fsp3) is 0.385. The van der Waals surface area contributed by atoms with E-state index < -0.39 is 0 Å². The van der Waals surface area contributed by atoms with Crippen LogP contribution in [0.3, 0.4) is 0 Å². The lowest BCUT2D eigenvalue weighted by Crippen LogP contribution is -2.26. The van der Waals surface area contributed by atoms with Gasteiger partial charge in [0.05, 0.1) is 0 Å². The van der Waals surface area contributed by atoms with Gasteiger partial charge >= 0.3 is 0 Å². The van der Waals surface area contributed by atoms with Crippen molar-refractivity contribution in [2.24, 2.45) is 5.92 Å². The molecule has 1 heterocycles. The summed E-state index contributed by atoms with van der Waals surface area (Å²) in [6.45, 7) is 4.56. The summed E-state index contributed by atoms with van der Waals surface area (Å²) in [6.07, 6.45) is 18.7. The van der Waals surface area contributed by atoms with E-state index in [4.69, 9.17) is 4.74 Å². The van der Waals surface area contributed by atoms with Crippen LogP contribution in [-0.4, -0.2) is 6.10 Å². The number of ether oxygens (including phenoxy) is 1. The van der Waals surface area contributed by atoms with E-state index in [1.165, 1.54) is 59.1 Å². The number of hydrogen-bond acceptors (Lipinski definition) is 1. The second-order valence-electron chi connectivity index (χ2n) is 8.38. The van der Waals surface area contributed by atoms with Crippen molar-refractivity contribution in [3.63, 3.8) is 0 Å². The van der Waals surface area contributed by atoms with Crippen LogP contribution < -0.4 is 0 Å². The first-order chi connectivity index (χ1) is 13.2. The molecular formula is C26H28O. The minimum Gasteiger partial charge on any atom is -0.485 e. The van der Waals surface area contributed by atoms with Gasteiger partial charge in [-0.25, -0.2) is 0 Å². The van der Waals surface area contributed by atoms with Crippen LogP contribution in [0.2, 0.25) is 0 Å². The van der Waals surface area contributed by atoms with E-state index in [1.807, 2.05) is 0 Å². The van der Waals surface area contributed by atoms with E-state index in [9.17, 15) is 0 Å². The van der Waals surface area contributed by atoms with Crippen molar-refractivity contribution in [3.05, 3.63) is 82.2 Å². The smallest absolute Gasteiger partial charge is 0.131 e. The van der Waals surface area contributed by atoms with Crippen molar-refractivity contribution < 1.29 is 4.74 Å². The zero-order valence-electron chi connectivity index (χ0n) is 16.4. The Labute approximate surface area is 162 Å². The second kappa shape index (κ2) is 6.71. The molecule has 1 aromatic rings. The Morgan fingerprint density at radius 2 is 1.85 bits per heavy atom. The van der Waals surface area contributed by atoms with E-state index in [2.05, 4.69) is 62.4 Å². The first-order valence-corrected chi connectivity index (χ1v) is 10.5. The molecule has 0 saturated heterocycles. The van der Waals surface area contributed by atoms with E-state index in [0.717, 1.165) is 18.6 Å². The molecule has 138 valence electrons. The van der Waals surface area contributed by atoms with E-state index in [1.54, 1.807) is 5.57 Å². The Balaban J connectivity index is 1.56. The molecule has 27 heavy (non-hydrogen) atoms. The molecule has 0 radical (unpaired) electrons. The topological polar surface area (TPSA) is 9.23 Å². The predicted molar refractivity (Wildman–Crippen MR) is 113 cm³/mol. The largest absolute Gasteiger partial charge is 0.485 e. The zero-order chi connectivity index (χ0) is 18.4. The summed E-state index contributed by atoms with van der Waals surface area (Å²) in [4.78, 5) is 0. The average Bonchev–Trinajstić information content (AvgIpc) is 3.08. The molecule has 4 aliphatic rings. The summed E-state index contributed by atoms with van der Waals surface area (Å²) in [5, 5.41) is 0. The van der Waals surface area contributed by atoms with Crippen LogP contribution in [0, 0.1) is 12.8 Å². The van der Waals surface area contributed by atoms with Crippen LogP contribution in [0.15, 0.2) is 65.5 Å². The van der Waals surface area contributed by atoms with Gasteiger partial charge in [-0.05, 0) is 97.9 Å². The van der Waals surface area contributed by atoms with Gasteiger partial charge in [0, 0.05) is 5.92 Å². The van der Waals surface area contributed by atoms with Crippen LogP contribution in [0.4, 0.5) is 0 Å². The fourth-order valence-corrected chi connectivity index (χ4v) is 5.18. The predicted octanol–water partition coefficient (Wildman–Crippen LogP) is 6.91. The highest BCUT2D eigenvalue weighted by molar-refractivity contribution is 5.81. The molecule has 1 heteroatoms. The van der Waals surface area contributed by atoms with Gasteiger partial charge in [0.2, 0.25) is 0 Å². The monoisotopic (exact) mass is 356 g/mol. The van der Waals surface area contributed by atoms with Gasteiger partial charge in [-0.1, -0.05) is 42.0 Å². The minimum absolute atomic E-state index is 0.205. The molecule has 0 bridgehead atoms. The first-order valence-electron chi connectivity index (χ1n) is 10.5. The van der Waals surface area contributed by atoms with Crippen LogP contribution >= 0.6 is 0 Å². The fourth-order valence-electron chi connectivity index (χ4n) is 5.18. The molecule has 1 aromatic carbocycles. The number of allylic oxidation sites excluding steroid dienone is 7. The van der Waals surface area contributed by atoms with Gasteiger partial charge < -0.3 is 4.74 Å². The van der Waals surface area contributed by atoms with Crippen LogP contribution in [0.1, 0.15) is 62.1 Å². The quantitative estimate of drug-likeness (QED) is 0.559. The third-order valence-electron chi connectivity index (χ3n) is 6.66. The standard InChI is InChI=1S/C26H28O/c1-17-12-14-20(19-8-4-3-5-9-19)16-23(17)25-18(2)13-15-22-21-10-6-7-11-24(21)27-26(22)25/h4,7-9,11-12,14,16,22,26H,3,5-6,10,13,15H2,1-2H3. The van der Waals surface area contributed by atoms with Crippen molar-refractivity contribution >= 4 is 11.1 Å². The number of benzene rings is 1. The molecule has 3 aliphatic carbocycles. The maximum atomic E-state index is 6.55. The third kappa shape index (κ3) is 2.84. The van der Waals surface area contributed by atoms with Gasteiger partial charge in [0.15, 0.2) is 0 Å². The molecule has 0 aromatic heterocycles. The third-order valence-corrected chi connectivity index (χ3v) is 6.66. The summed E-state index contributed by atoms with van der Waals surface area (Å²) >= 11 is 0. The molecule has 0 saturated carbocycles. The van der Waals surface area contributed by atoms with Crippen LogP contribution in [-0.2, 0) is 4.74 Å². The highest BCUT2D eigenvalue weighted by Crippen LogP contribution is 2.49. The zero-order valence-corrected chi connectivity index (χ0v) is 16.4. The Kier molecular flexibility index (Phi) is 4.19. The van der Waals surface area contributed by atoms with E-state index in [-0.39, 0.29) is 6.10 Å². The Bertz CT molecular complexity index is 935. The molecule has 1 aliphatic heterocycles. The SMILES string of the molecule is CC1=C(c2cc(C3=CCCC=C3)ccc2C)C2OC3=C(CCC=C3)C2CC1. The Morgan fingerprint density at radius 3 is 2.70 bits per heavy atom. The van der Waals surface area contributed by atoms with E-state index in [0.29, 0.717) is 5.92 Å². The number of hydrogen-bond donors (Lipinski definition) is 0. The summed E-state index contributed by atoms with van der Waals surface area (Å²) in [5.74, 6) is 1.73. The Hall–Kier alpha value is -2.28. The number of aryl methyl sites for hydroxylation is 1. The number of fused-ring (bicyclic) bond motifs is 2. The summed E-state index contributed by atoms with van der Waals surface area (Å²) in [7, 11) is 0. The lowest BCUT2D eigenvalue weighted by Gasteiger charge is -2.31. The average molecular weight is 357 g/mol. The van der Waals surface area contributed by atoms with Crippen molar-refractivity contribution in [1.82, 2.24) is 0 Å². The lowest BCUT2D eigenvalue weighted by atomic mass is 9.74. The normalized spacial score (nSPS) is 26.7. The molecule has 0 amide bonds. The van der Waals surface area contributed by atoms with Crippen molar-refractivity contribution in [3.8, 4) is 0 Å². The summed E-state index contributed by atoms with van der Waals surface area (Å²) < 4.78 is 6.55. The molecular weight excluding hydrogens is 328 g/mol. The van der Waals surface area contributed by atoms with Crippen molar-refractivity contribution in [1.29, 1.82) is 0 Å². The molecule has 2 unspecified atom stereocenters.